The number of aliphatic hydroxyl groups excluding tert-OH is 4. The van der Waals surface area contributed by atoms with Crippen LogP contribution in [0.2, 0.25) is 0 Å². The third kappa shape index (κ3) is 47.4. The third-order valence-corrected chi connectivity index (χ3v) is 14.4. The highest BCUT2D eigenvalue weighted by Gasteiger charge is 2.18. The van der Waals surface area contributed by atoms with Crippen molar-refractivity contribution in [1.82, 2.24) is 14.7 Å². The van der Waals surface area contributed by atoms with E-state index in [0.29, 0.717) is 13.1 Å². The van der Waals surface area contributed by atoms with Gasteiger partial charge in [-0.15, -0.1) is 0 Å². The minimum Gasteiger partial charge on any atom is -0.392 e. The number of aliphatic hydroxyl groups is 4. The molecule has 0 fully saturated rings. The molecule has 0 radical (unpaired) electrons. The molecule has 0 aliphatic rings. The van der Waals surface area contributed by atoms with Crippen LogP contribution in [0.4, 0.5) is 0 Å². The highest BCUT2D eigenvalue weighted by Crippen LogP contribution is 2.17. The van der Waals surface area contributed by atoms with Gasteiger partial charge in [0, 0.05) is 26.2 Å². The Kier molecular flexibility index (Phi) is 52.3. The first-order valence-corrected chi connectivity index (χ1v) is 30.2. The van der Waals surface area contributed by atoms with E-state index in [0.717, 1.165) is 116 Å². The smallest absolute Gasteiger partial charge is 0.0667 e. The van der Waals surface area contributed by atoms with E-state index in [1.807, 2.05) is 0 Å². The van der Waals surface area contributed by atoms with E-state index in [2.05, 4.69) is 49.3 Å². The van der Waals surface area contributed by atoms with Crippen molar-refractivity contribution < 1.29 is 20.4 Å². The van der Waals surface area contributed by atoms with Gasteiger partial charge < -0.3 is 30.2 Å². The first-order chi connectivity index (χ1) is 32.3. The molecule has 4 unspecified atom stereocenters. The van der Waals surface area contributed by atoms with E-state index in [1.165, 1.54) is 193 Å². The molecule has 0 aromatic rings. The summed E-state index contributed by atoms with van der Waals surface area (Å²) in [6, 6.07) is 0. The van der Waals surface area contributed by atoms with Crippen molar-refractivity contribution in [3.05, 3.63) is 0 Å². The largest absolute Gasteiger partial charge is 0.392 e. The van der Waals surface area contributed by atoms with E-state index < -0.39 is 0 Å². The van der Waals surface area contributed by atoms with Crippen LogP contribution < -0.4 is 0 Å². The number of nitrogens with zero attached hydrogens (tertiary/aromatic N) is 3. The van der Waals surface area contributed by atoms with Crippen molar-refractivity contribution in [2.75, 3.05) is 58.9 Å². The van der Waals surface area contributed by atoms with Gasteiger partial charge in [-0.05, 0) is 84.1 Å². The average Bonchev–Trinajstić information content (AvgIpc) is 3.30. The predicted molar refractivity (Wildman–Crippen MR) is 291 cm³/mol. The molecular formula is C59H123N3O4. The molecule has 0 rings (SSSR count). The van der Waals surface area contributed by atoms with Gasteiger partial charge in [-0.25, -0.2) is 0 Å². The second kappa shape index (κ2) is 52.5. The number of hydrogen-bond donors (Lipinski definition) is 4. The summed E-state index contributed by atoms with van der Waals surface area (Å²) < 4.78 is 0. The summed E-state index contributed by atoms with van der Waals surface area (Å²) in [5.74, 6) is 0. The minimum absolute atomic E-state index is 0.231. The molecule has 0 saturated heterocycles. The highest BCUT2D eigenvalue weighted by molar-refractivity contribution is 4.73. The van der Waals surface area contributed by atoms with Gasteiger partial charge in [0.05, 0.1) is 24.4 Å². The quantitative estimate of drug-likeness (QED) is 0.0452. The molecule has 0 saturated carbocycles. The highest BCUT2D eigenvalue weighted by atomic mass is 16.3. The molecule has 0 aliphatic carbocycles. The summed E-state index contributed by atoms with van der Waals surface area (Å²) in [6.07, 6.45) is 49.0. The lowest BCUT2D eigenvalue weighted by Gasteiger charge is -2.30. The van der Waals surface area contributed by atoms with Crippen molar-refractivity contribution >= 4 is 0 Å². The monoisotopic (exact) mass is 938 g/mol. The summed E-state index contributed by atoms with van der Waals surface area (Å²) in [6.45, 7) is 19.1. The Balaban J connectivity index is 5.37. The van der Waals surface area contributed by atoms with Gasteiger partial charge in [0.15, 0.2) is 0 Å². The summed E-state index contributed by atoms with van der Waals surface area (Å²) in [5, 5.41) is 44.8. The van der Waals surface area contributed by atoms with Crippen LogP contribution in [0.15, 0.2) is 0 Å². The molecule has 0 spiro atoms. The van der Waals surface area contributed by atoms with E-state index in [1.54, 1.807) is 0 Å². The molecule has 66 heavy (non-hydrogen) atoms. The zero-order valence-corrected chi connectivity index (χ0v) is 45.8. The predicted octanol–water partition coefficient (Wildman–Crippen LogP) is 15.4. The van der Waals surface area contributed by atoms with Crippen LogP contribution in [0.3, 0.4) is 0 Å². The van der Waals surface area contributed by atoms with Crippen LogP contribution in [0.1, 0.15) is 298 Å². The zero-order valence-electron chi connectivity index (χ0n) is 45.8. The maximum atomic E-state index is 11.3. The Morgan fingerprint density at radius 1 is 0.212 bits per heavy atom. The molecular weight excluding hydrogens is 815 g/mol. The van der Waals surface area contributed by atoms with Crippen LogP contribution in [0.25, 0.3) is 0 Å². The van der Waals surface area contributed by atoms with Gasteiger partial charge in [-0.1, -0.05) is 247 Å². The van der Waals surface area contributed by atoms with Gasteiger partial charge in [0.25, 0.3) is 0 Å². The maximum absolute atomic E-state index is 11.3. The fraction of sp³-hybridized carbons (Fsp3) is 1.00. The first-order valence-electron chi connectivity index (χ1n) is 30.2. The van der Waals surface area contributed by atoms with E-state index in [-0.39, 0.29) is 24.4 Å². The van der Waals surface area contributed by atoms with Gasteiger partial charge >= 0.3 is 0 Å². The van der Waals surface area contributed by atoms with Gasteiger partial charge in [0.1, 0.15) is 0 Å². The average molecular weight is 939 g/mol. The Labute approximate surface area is 414 Å². The summed E-state index contributed by atoms with van der Waals surface area (Å²) >= 11 is 0. The normalized spacial score (nSPS) is 14.0. The molecule has 0 amide bonds. The molecule has 0 heterocycles. The lowest BCUT2D eigenvalue weighted by Crippen LogP contribution is -2.41. The molecule has 0 aromatic carbocycles. The number of hydrogen-bond acceptors (Lipinski definition) is 7. The van der Waals surface area contributed by atoms with Crippen LogP contribution in [0, 0.1) is 0 Å². The zero-order chi connectivity index (χ0) is 48.4. The van der Waals surface area contributed by atoms with E-state index >= 15 is 0 Å². The second-order valence-electron chi connectivity index (χ2n) is 21.4. The minimum atomic E-state index is -0.348. The molecule has 7 heteroatoms. The van der Waals surface area contributed by atoms with E-state index in [4.69, 9.17) is 0 Å². The van der Waals surface area contributed by atoms with E-state index in [9.17, 15) is 20.4 Å². The first kappa shape index (κ1) is 65.7. The molecule has 4 N–H and O–H groups in total. The van der Waals surface area contributed by atoms with Crippen LogP contribution in [-0.2, 0) is 0 Å². The summed E-state index contributed by atoms with van der Waals surface area (Å²) in [4.78, 5) is 7.41. The SMILES string of the molecule is CCCCCCCCCCC(O)CN(CCCC)CCCCN(CCCN(CC(O)CCCCCCCCCC)CC(O)CCCCCCCCCC)CC(O)CCCCCCCCCC. The lowest BCUT2D eigenvalue weighted by atomic mass is 10.0. The Hall–Kier alpha value is -0.280. The van der Waals surface area contributed by atoms with Crippen LogP contribution in [-0.4, -0.2) is 118 Å². The van der Waals surface area contributed by atoms with Crippen molar-refractivity contribution in [2.24, 2.45) is 0 Å². The molecule has 4 atom stereocenters. The van der Waals surface area contributed by atoms with Crippen LogP contribution >= 0.6 is 0 Å². The molecule has 0 aliphatic heterocycles. The molecule has 0 aromatic heterocycles. The molecule has 398 valence electrons. The fourth-order valence-electron chi connectivity index (χ4n) is 10.0. The summed E-state index contributed by atoms with van der Waals surface area (Å²) in [5.41, 5.74) is 0. The van der Waals surface area contributed by atoms with Gasteiger partial charge in [0.2, 0.25) is 0 Å². The topological polar surface area (TPSA) is 90.6 Å². The second-order valence-corrected chi connectivity index (χ2v) is 21.4. The fourth-order valence-corrected chi connectivity index (χ4v) is 10.0. The Bertz CT molecular complexity index is 884. The number of unbranched alkanes of at least 4 members (excludes halogenated alkanes) is 30. The van der Waals surface area contributed by atoms with Gasteiger partial charge in [-0.3, -0.25) is 4.90 Å². The lowest BCUT2D eigenvalue weighted by molar-refractivity contribution is 0.0558. The van der Waals surface area contributed by atoms with Crippen molar-refractivity contribution in [3.63, 3.8) is 0 Å². The van der Waals surface area contributed by atoms with Crippen LogP contribution in [0.5, 0.6) is 0 Å². The summed E-state index contributed by atoms with van der Waals surface area (Å²) in [7, 11) is 0. The number of rotatable bonds is 56. The Morgan fingerprint density at radius 3 is 0.682 bits per heavy atom. The van der Waals surface area contributed by atoms with Crippen molar-refractivity contribution in [3.8, 4) is 0 Å². The van der Waals surface area contributed by atoms with Crippen molar-refractivity contribution in [1.29, 1.82) is 0 Å². The standard InChI is InChI=1S/C59H123N3O4/c1-6-11-16-20-24-28-32-36-43-56(63)52-60(47-15-10-5)48-40-41-49-61(53-57(64)44-37-33-29-25-21-17-12-7-2)50-42-51-62(54-58(65)45-38-34-30-26-22-18-13-8-3)55-59(66)46-39-35-31-27-23-19-14-9-4/h56-59,63-66H,6-55H2,1-5H3. The molecule has 7 nitrogen and oxygen atoms in total. The van der Waals surface area contributed by atoms with Crippen molar-refractivity contribution in [2.45, 2.75) is 322 Å². The Morgan fingerprint density at radius 2 is 0.409 bits per heavy atom. The maximum Gasteiger partial charge on any atom is 0.0667 e. The molecule has 0 bridgehead atoms. The third-order valence-electron chi connectivity index (χ3n) is 14.4. The van der Waals surface area contributed by atoms with Gasteiger partial charge in [-0.2, -0.15) is 0 Å².